The van der Waals surface area contributed by atoms with Crippen LogP contribution in [-0.4, -0.2) is 30.6 Å². The first-order valence-corrected chi connectivity index (χ1v) is 4.04. The van der Waals surface area contributed by atoms with Crippen LogP contribution in [0.25, 0.3) is 0 Å². The largest absolute Gasteiger partial charge is 0.460 e. The van der Waals surface area contributed by atoms with Crippen LogP contribution in [0.5, 0.6) is 0 Å². The van der Waals surface area contributed by atoms with Crippen molar-refractivity contribution in [2.45, 2.75) is 24.4 Å². The molecule has 0 heterocycles. The number of carbonyl (C=O) groups is 1. The molecule has 0 aromatic rings. The summed E-state index contributed by atoms with van der Waals surface area (Å²) in [6.45, 7) is 0.662. The number of ether oxygens (including phenoxy) is 1. The molecule has 0 radical (unpaired) electrons. The van der Waals surface area contributed by atoms with Crippen molar-refractivity contribution in [3.8, 4) is 0 Å². The highest BCUT2D eigenvalue weighted by molar-refractivity contribution is 5.71. The monoisotopic (exact) mass is 268 g/mol. The fourth-order valence-electron chi connectivity index (χ4n) is 0.646. The second kappa shape index (κ2) is 4.92. The fourth-order valence-corrected chi connectivity index (χ4v) is 0.646. The summed E-state index contributed by atoms with van der Waals surface area (Å²) >= 11 is 0. The van der Waals surface area contributed by atoms with Gasteiger partial charge in [0.2, 0.25) is 0 Å². The number of rotatable bonds is 5. The highest BCUT2D eigenvalue weighted by Crippen LogP contribution is 2.46. The summed E-state index contributed by atoms with van der Waals surface area (Å²) < 4.78 is 88.0. The molecule has 0 spiro atoms. The summed E-state index contributed by atoms with van der Waals surface area (Å²) in [6.07, 6.45) is -6.09. The van der Waals surface area contributed by atoms with Gasteiger partial charge in [0.05, 0.1) is 6.42 Å². The Hall–Kier alpha value is -1.28. The van der Waals surface area contributed by atoms with Crippen molar-refractivity contribution in [3.05, 3.63) is 12.7 Å². The van der Waals surface area contributed by atoms with Gasteiger partial charge in [0.15, 0.2) is 6.61 Å². The van der Waals surface area contributed by atoms with Crippen molar-refractivity contribution >= 4 is 5.97 Å². The predicted molar refractivity (Wildman–Crippen MR) is 41.7 cm³/mol. The van der Waals surface area contributed by atoms with E-state index >= 15 is 0 Å². The number of carbonyl (C=O) groups excluding carboxylic acids is 1. The van der Waals surface area contributed by atoms with E-state index in [1.54, 1.807) is 0 Å². The van der Waals surface area contributed by atoms with Gasteiger partial charge in [-0.25, -0.2) is 0 Å². The van der Waals surface area contributed by atoms with Gasteiger partial charge in [-0.1, -0.05) is 6.08 Å². The molecule has 0 saturated carbocycles. The van der Waals surface area contributed by atoms with Crippen LogP contribution >= 0.6 is 0 Å². The highest BCUT2D eigenvalue weighted by Gasteiger charge is 2.73. The van der Waals surface area contributed by atoms with Crippen molar-refractivity contribution in [3.63, 3.8) is 0 Å². The zero-order valence-electron chi connectivity index (χ0n) is 8.16. The first kappa shape index (κ1) is 15.7. The first-order chi connectivity index (χ1) is 7.45. The SMILES string of the molecule is C=CCC(=O)OCC(F)(F)C(F)(F)C(F)(F)F. The maximum absolute atomic E-state index is 12.5. The molecule has 0 unspecified atom stereocenters. The van der Waals surface area contributed by atoms with Crippen molar-refractivity contribution in [1.82, 2.24) is 0 Å². The second-order valence-electron chi connectivity index (χ2n) is 2.93. The van der Waals surface area contributed by atoms with Crippen LogP contribution in [0.4, 0.5) is 30.7 Å². The molecule has 0 N–H and O–H groups in total. The normalized spacial score (nSPS) is 13.4. The zero-order chi connectivity index (χ0) is 13.9. The van der Waals surface area contributed by atoms with E-state index < -0.39 is 37.0 Å². The molecule has 0 aromatic carbocycles. The molecule has 0 aliphatic rings. The summed E-state index contributed by atoms with van der Waals surface area (Å²) in [6, 6.07) is 0. The fraction of sp³-hybridized carbons (Fsp3) is 0.625. The van der Waals surface area contributed by atoms with Gasteiger partial charge in [-0.15, -0.1) is 6.58 Å². The van der Waals surface area contributed by atoms with Crippen molar-refractivity contribution in [2.24, 2.45) is 0 Å². The Morgan fingerprint density at radius 2 is 1.59 bits per heavy atom. The summed E-state index contributed by atoms with van der Waals surface area (Å²) in [4.78, 5) is 10.5. The first-order valence-electron chi connectivity index (χ1n) is 4.04. The van der Waals surface area contributed by atoms with E-state index in [9.17, 15) is 35.5 Å². The molecule has 0 aliphatic carbocycles. The van der Waals surface area contributed by atoms with E-state index in [-0.39, 0.29) is 0 Å². The maximum Gasteiger partial charge on any atom is 0.460 e. The van der Waals surface area contributed by atoms with Gasteiger partial charge in [-0.05, 0) is 0 Å². The molecule has 9 heteroatoms. The molecule has 0 amide bonds. The van der Waals surface area contributed by atoms with Crippen LogP contribution in [0.2, 0.25) is 0 Å². The molecule has 0 rings (SSSR count). The minimum atomic E-state index is -6.43. The number of halogens is 7. The third kappa shape index (κ3) is 3.60. The van der Waals surface area contributed by atoms with E-state index in [0.717, 1.165) is 6.08 Å². The lowest BCUT2D eigenvalue weighted by atomic mass is 10.2. The summed E-state index contributed by atoms with van der Waals surface area (Å²) in [5, 5.41) is 0. The average Bonchev–Trinajstić information content (AvgIpc) is 2.13. The summed E-state index contributed by atoms with van der Waals surface area (Å²) in [7, 11) is 0. The molecular formula is C8H7F7O2. The predicted octanol–water partition coefficient (Wildman–Crippen LogP) is 2.94. The van der Waals surface area contributed by atoms with Crippen LogP contribution in [0.3, 0.4) is 0 Å². The van der Waals surface area contributed by atoms with Crippen LogP contribution in [-0.2, 0) is 9.53 Å². The molecule has 2 nitrogen and oxygen atoms in total. The Morgan fingerprint density at radius 3 is 1.94 bits per heavy atom. The minimum Gasteiger partial charge on any atom is -0.459 e. The van der Waals surface area contributed by atoms with Gasteiger partial charge >= 0.3 is 24.0 Å². The van der Waals surface area contributed by atoms with Gasteiger partial charge in [0.1, 0.15) is 0 Å². The lowest BCUT2D eigenvalue weighted by molar-refractivity contribution is -0.359. The van der Waals surface area contributed by atoms with E-state index in [1.807, 2.05) is 0 Å². The number of alkyl halides is 7. The molecule has 0 saturated heterocycles. The van der Waals surface area contributed by atoms with Gasteiger partial charge in [-0.2, -0.15) is 30.7 Å². The Labute approximate surface area is 91.0 Å². The zero-order valence-corrected chi connectivity index (χ0v) is 8.16. The van der Waals surface area contributed by atoms with Gasteiger partial charge in [0.25, 0.3) is 0 Å². The van der Waals surface area contributed by atoms with E-state index in [1.165, 1.54) is 0 Å². The van der Waals surface area contributed by atoms with E-state index in [0.29, 0.717) is 0 Å². The molecule has 0 aliphatic heterocycles. The van der Waals surface area contributed by atoms with Crippen LogP contribution in [0.15, 0.2) is 12.7 Å². The van der Waals surface area contributed by atoms with Gasteiger partial charge in [-0.3, -0.25) is 4.79 Å². The summed E-state index contributed by atoms with van der Waals surface area (Å²) in [5.74, 6) is -13.2. The lowest BCUT2D eigenvalue weighted by Gasteiger charge is -2.27. The maximum atomic E-state index is 12.5. The van der Waals surface area contributed by atoms with Gasteiger partial charge in [0, 0.05) is 0 Å². The van der Waals surface area contributed by atoms with Crippen LogP contribution in [0, 0.1) is 0 Å². The number of esters is 1. The molecule has 0 atom stereocenters. The molecule has 100 valence electrons. The van der Waals surface area contributed by atoms with Crippen LogP contribution in [0.1, 0.15) is 6.42 Å². The quantitative estimate of drug-likeness (QED) is 0.435. The van der Waals surface area contributed by atoms with E-state index in [2.05, 4.69) is 11.3 Å². The topological polar surface area (TPSA) is 26.3 Å². The standard InChI is InChI=1S/C8H7F7O2/c1-2-3-5(16)17-4-6(9,10)7(11,12)8(13,14)15/h2H,1,3-4H2. The average molecular weight is 268 g/mol. The van der Waals surface area contributed by atoms with Crippen LogP contribution < -0.4 is 0 Å². The van der Waals surface area contributed by atoms with Gasteiger partial charge < -0.3 is 4.74 Å². The van der Waals surface area contributed by atoms with Crippen molar-refractivity contribution in [1.29, 1.82) is 0 Å². The smallest absolute Gasteiger partial charge is 0.459 e. The Balaban J connectivity index is 4.68. The number of hydrogen-bond donors (Lipinski definition) is 0. The molecular weight excluding hydrogens is 261 g/mol. The Morgan fingerprint density at radius 1 is 1.12 bits per heavy atom. The third-order valence-corrected chi connectivity index (χ3v) is 1.54. The molecule has 0 aromatic heterocycles. The second-order valence-corrected chi connectivity index (χ2v) is 2.93. The molecule has 17 heavy (non-hydrogen) atoms. The highest BCUT2D eigenvalue weighted by atomic mass is 19.4. The lowest BCUT2D eigenvalue weighted by Crippen LogP contribution is -2.54. The van der Waals surface area contributed by atoms with E-state index in [4.69, 9.17) is 0 Å². The van der Waals surface area contributed by atoms with Crippen molar-refractivity contribution < 1.29 is 40.3 Å². The number of hydrogen-bond acceptors (Lipinski definition) is 2. The molecule has 0 fully saturated rings. The Kier molecular flexibility index (Phi) is 4.55. The summed E-state index contributed by atoms with van der Waals surface area (Å²) in [5.41, 5.74) is 0. The molecule has 0 bridgehead atoms. The Bertz CT molecular complexity index is 295. The van der Waals surface area contributed by atoms with Crippen molar-refractivity contribution in [2.75, 3.05) is 6.61 Å². The third-order valence-electron chi connectivity index (χ3n) is 1.54. The minimum absolute atomic E-state index is 0.576.